The van der Waals surface area contributed by atoms with Crippen molar-refractivity contribution in [3.05, 3.63) is 0 Å². The average Bonchev–Trinajstić information content (AvgIpc) is 2.28. The third-order valence-electron chi connectivity index (χ3n) is 3.02. The van der Waals surface area contributed by atoms with Crippen LogP contribution in [0.4, 0.5) is 0 Å². The van der Waals surface area contributed by atoms with E-state index in [-0.39, 0.29) is 5.91 Å². The van der Waals surface area contributed by atoms with Gasteiger partial charge in [0.25, 0.3) is 5.91 Å². The van der Waals surface area contributed by atoms with E-state index in [4.69, 9.17) is 10.6 Å². The van der Waals surface area contributed by atoms with Crippen molar-refractivity contribution in [2.24, 2.45) is 5.84 Å². The van der Waals surface area contributed by atoms with Crippen molar-refractivity contribution in [2.75, 3.05) is 26.3 Å². The number of ether oxygens (including phenoxy) is 1. The molecule has 5 nitrogen and oxygen atoms in total. The summed E-state index contributed by atoms with van der Waals surface area (Å²) in [4.78, 5) is 13.8. The Balaban J connectivity index is 2.71. The first-order valence-corrected chi connectivity index (χ1v) is 4.99. The molecule has 3 N–H and O–H groups in total. The average molecular weight is 201 g/mol. The predicted molar refractivity (Wildman–Crippen MR) is 53.4 cm³/mol. The number of carbonyl (C=O) groups is 1. The molecule has 1 atom stereocenters. The Morgan fingerprint density at radius 1 is 1.57 bits per heavy atom. The molecular formula is C9H19N3O2. The van der Waals surface area contributed by atoms with Gasteiger partial charge in [-0.05, 0) is 13.3 Å². The molecule has 0 spiro atoms. The summed E-state index contributed by atoms with van der Waals surface area (Å²) in [6.07, 6.45) is 0.746. The van der Waals surface area contributed by atoms with Crippen LogP contribution in [0.2, 0.25) is 0 Å². The maximum atomic E-state index is 11.6. The first-order chi connectivity index (χ1) is 6.65. The molecule has 0 radical (unpaired) electrons. The van der Waals surface area contributed by atoms with Crippen molar-refractivity contribution in [1.29, 1.82) is 0 Å². The van der Waals surface area contributed by atoms with Gasteiger partial charge in [0.05, 0.1) is 18.8 Å². The summed E-state index contributed by atoms with van der Waals surface area (Å²) in [6.45, 7) is 6.86. The summed E-state index contributed by atoms with van der Waals surface area (Å²) in [5.74, 6) is 5.06. The van der Waals surface area contributed by atoms with Gasteiger partial charge in [-0.2, -0.15) is 0 Å². The summed E-state index contributed by atoms with van der Waals surface area (Å²) in [5, 5.41) is 0. The Morgan fingerprint density at radius 2 is 2.14 bits per heavy atom. The smallest absolute Gasteiger partial charge is 0.254 e. The quantitative estimate of drug-likeness (QED) is 0.366. The van der Waals surface area contributed by atoms with Gasteiger partial charge in [0.15, 0.2) is 0 Å². The van der Waals surface area contributed by atoms with Crippen LogP contribution in [0, 0.1) is 0 Å². The molecule has 1 unspecified atom stereocenters. The van der Waals surface area contributed by atoms with Gasteiger partial charge < -0.3 is 4.74 Å². The van der Waals surface area contributed by atoms with Gasteiger partial charge in [0.1, 0.15) is 0 Å². The second kappa shape index (κ2) is 4.72. The second-order valence-electron chi connectivity index (χ2n) is 3.70. The molecule has 0 aromatic carbocycles. The lowest BCUT2D eigenvalue weighted by molar-refractivity contribution is -0.136. The molecule has 5 heteroatoms. The lowest BCUT2D eigenvalue weighted by Crippen LogP contribution is -2.60. The van der Waals surface area contributed by atoms with Gasteiger partial charge in [-0.15, -0.1) is 0 Å². The Hall–Kier alpha value is -0.650. The number of nitrogens with one attached hydrogen (secondary N) is 1. The largest absolute Gasteiger partial charge is 0.379 e. The number of hydrazine groups is 1. The number of morpholine rings is 1. The van der Waals surface area contributed by atoms with E-state index in [1.807, 2.05) is 13.8 Å². The van der Waals surface area contributed by atoms with Crippen LogP contribution in [0.5, 0.6) is 0 Å². The minimum Gasteiger partial charge on any atom is -0.379 e. The van der Waals surface area contributed by atoms with Crippen LogP contribution >= 0.6 is 0 Å². The van der Waals surface area contributed by atoms with Gasteiger partial charge in [0, 0.05) is 13.1 Å². The number of nitrogens with zero attached hydrogens (tertiary/aromatic N) is 1. The topological polar surface area (TPSA) is 67.6 Å². The predicted octanol–water partition coefficient (Wildman–Crippen LogP) is -0.523. The molecule has 82 valence electrons. The minimum atomic E-state index is -0.501. The summed E-state index contributed by atoms with van der Waals surface area (Å²) in [6, 6.07) is 0. The van der Waals surface area contributed by atoms with Gasteiger partial charge in [-0.1, -0.05) is 6.92 Å². The fourth-order valence-corrected chi connectivity index (χ4v) is 1.74. The fraction of sp³-hybridized carbons (Fsp3) is 0.889. The lowest BCUT2D eigenvalue weighted by atomic mass is 9.95. The molecule has 1 rings (SSSR count). The molecular weight excluding hydrogens is 182 g/mol. The maximum absolute atomic E-state index is 11.6. The van der Waals surface area contributed by atoms with Crippen molar-refractivity contribution in [3.8, 4) is 0 Å². The van der Waals surface area contributed by atoms with Crippen LogP contribution in [0.1, 0.15) is 20.3 Å². The van der Waals surface area contributed by atoms with Crippen LogP contribution in [-0.4, -0.2) is 42.6 Å². The Morgan fingerprint density at radius 3 is 2.57 bits per heavy atom. The molecule has 1 amide bonds. The fourth-order valence-electron chi connectivity index (χ4n) is 1.74. The van der Waals surface area contributed by atoms with Crippen LogP contribution in [0.3, 0.4) is 0 Å². The number of rotatable bonds is 3. The summed E-state index contributed by atoms with van der Waals surface area (Å²) in [7, 11) is 0. The van der Waals surface area contributed by atoms with Crippen LogP contribution in [0.25, 0.3) is 0 Å². The van der Waals surface area contributed by atoms with Crippen LogP contribution in [-0.2, 0) is 9.53 Å². The van der Waals surface area contributed by atoms with E-state index >= 15 is 0 Å². The monoisotopic (exact) mass is 201 g/mol. The maximum Gasteiger partial charge on any atom is 0.254 e. The van der Waals surface area contributed by atoms with E-state index in [2.05, 4.69) is 10.3 Å². The van der Waals surface area contributed by atoms with Crippen molar-refractivity contribution < 1.29 is 9.53 Å². The second-order valence-corrected chi connectivity index (χ2v) is 3.70. The number of nitrogens with two attached hydrogens (primary N) is 1. The van der Waals surface area contributed by atoms with E-state index in [1.54, 1.807) is 0 Å². The summed E-state index contributed by atoms with van der Waals surface area (Å²) >= 11 is 0. The number of hydrogen-bond donors (Lipinski definition) is 2. The molecule has 1 heterocycles. The molecule has 0 saturated carbocycles. The Kier molecular flexibility index (Phi) is 3.86. The summed E-state index contributed by atoms with van der Waals surface area (Å²) < 4.78 is 5.25. The lowest BCUT2D eigenvalue weighted by Gasteiger charge is -2.40. The van der Waals surface area contributed by atoms with Gasteiger partial charge in [-0.25, -0.2) is 5.84 Å². The van der Waals surface area contributed by atoms with E-state index in [1.165, 1.54) is 0 Å². The standard InChI is InChI=1S/C9H19N3O2/c1-3-9(2,8(13)11-10)12-4-6-14-7-5-12/h3-7,10H2,1-2H3,(H,11,13). The molecule has 1 saturated heterocycles. The number of hydrogen-bond acceptors (Lipinski definition) is 4. The third kappa shape index (κ3) is 2.05. The van der Waals surface area contributed by atoms with Crippen molar-refractivity contribution in [2.45, 2.75) is 25.8 Å². The van der Waals surface area contributed by atoms with E-state index < -0.39 is 5.54 Å². The molecule has 1 aliphatic rings. The normalized spacial score (nSPS) is 22.8. The van der Waals surface area contributed by atoms with E-state index in [0.717, 1.165) is 19.5 Å². The molecule has 0 aromatic rings. The minimum absolute atomic E-state index is 0.123. The third-order valence-corrected chi connectivity index (χ3v) is 3.02. The highest BCUT2D eigenvalue weighted by Gasteiger charge is 2.37. The van der Waals surface area contributed by atoms with Gasteiger partial charge in [0.2, 0.25) is 0 Å². The molecule has 0 aliphatic carbocycles. The highest BCUT2D eigenvalue weighted by atomic mass is 16.5. The van der Waals surface area contributed by atoms with Crippen LogP contribution < -0.4 is 11.3 Å². The highest BCUT2D eigenvalue weighted by molar-refractivity contribution is 5.85. The van der Waals surface area contributed by atoms with Gasteiger partial charge in [-0.3, -0.25) is 15.1 Å². The van der Waals surface area contributed by atoms with E-state index in [9.17, 15) is 4.79 Å². The highest BCUT2D eigenvalue weighted by Crippen LogP contribution is 2.20. The Bertz CT molecular complexity index is 204. The van der Waals surface area contributed by atoms with Crippen molar-refractivity contribution in [1.82, 2.24) is 10.3 Å². The number of amides is 1. The molecule has 1 aliphatic heterocycles. The first-order valence-electron chi connectivity index (χ1n) is 4.99. The SMILES string of the molecule is CCC(C)(C(=O)NN)N1CCOCC1. The molecule has 14 heavy (non-hydrogen) atoms. The molecule has 0 aromatic heterocycles. The first kappa shape index (κ1) is 11.4. The van der Waals surface area contributed by atoms with Crippen LogP contribution in [0.15, 0.2) is 0 Å². The van der Waals surface area contributed by atoms with Crippen molar-refractivity contribution >= 4 is 5.91 Å². The van der Waals surface area contributed by atoms with Crippen molar-refractivity contribution in [3.63, 3.8) is 0 Å². The zero-order valence-electron chi connectivity index (χ0n) is 8.88. The molecule has 0 bridgehead atoms. The number of carbonyl (C=O) groups excluding carboxylic acids is 1. The zero-order valence-corrected chi connectivity index (χ0v) is 8.88. The zero-order chi connectivity index (χ0) is 10.6. The summed E-state index contributed by atoms with van der Waals surface area (Å²) in [5.41, 5.74) is 1.73. The van der Waals surface area contributed by atoms with E-state index in [0.29, 0.717) is 13.2 Å². The van der Waals surface area contributed by atoms with Gasteiger partial charge >= 0.3 is 0 Å². The molecule has 1 fully saturated rings. The Labute approximate surface area is 84.5 Å².